The fourth-order valence-electron chi connectivity index (χ4n) is 0.873. The lowest BCUT2D eigenvalue weighted by Gasteiger charge is -1.83. The zero-order valence-corrected chi connectivity index (χ0v) is 7.44. The summed E-state index contributed by atoms with van der Waals surface area (Å²) in [6.45, 7) is 7.15. The van der Waals surface area contributed by atoms with Gasteiger partial charge in [0.1, 0.15) is 11.5 Å². The largest absolute Gasteiger partial charge is 0.457 e. The number of rotatable bonds is 4. The quantitative estimate of drug-likeness (QED) is 0.631. The highest BCUT2D eigenvalue weighted by Gasteiger charge is 1.92. The molecular formula is C12H12O. The molecule has 0 aliphatic carbocycles. The maximum Gasteiger partial charge on any atom is 0.127 e. The lowest BCUT2D eigenvalue weighted by atomic mass is 10.3. The monoisotopic (exact) mass is 172 g/mol. The van der Waals surface area contributed by atoms with E-state index in [0.717, 1.165) is 11.5 Å². The summed E-state index contributed by atoms with van der Waals surface area (Å²) in [6, 6.07) is 3.81. The van der Waals surface area contributed by atoms with E-state index in [9.17, 15) is 0 Å². The van der Waals surface area contributed by atoms with E-state index in [1.807, 2.05) is 36.4 Å². The number of furan rings is 1. The van der Waals surface area contributed by atoms with Crippen molar-refractivity contribution in [2.45, 2.75) is 0 Å². The zero-order valence-electron chi connectivity index (χ0n) is 7.44. The molecule has 0 atom stereocenters. The number of allylic oxidation sites excluding steroid dienone is 4. The Kier molecular flexibility index (Phi) is 3.58. The van der Waals surface area contributed by atoms with E-state index in [0.29, 0.717) is 0 Å². The number of hydrogen-bond donors (Lipinski definition) is 0. The molecule has 0 spiro atoms. The molecule has 0 amide bonds. The van der Waals surface area contributed by atoms with Crippen molar-refractivity contribution in [2.75, 3.05) is 0 Å². The summed E-state index contributed by atoms with van der Waals surface area (Å²) in [5, 5.41) is 0. The molecule has 1 rings (SSSR count). The van der Waals surface area contributed by atoms with E-state index < -0.39 is 0 Å². The van der Waals surface area contributed by atoms with Gasteiger partial charge in [-0.05, 0) is 24.3 Å². The van der Waals surface area contributed by atoms with Gasteiger partial charge in [0.15, 0.2) is 0 Å². The Labute approximate surface area is 78.4 Å². The van der Waals surface area contributed by atoms with Gasteiger partial charge in [0.2, 0.25) is 0 Å². The normalized spacial score (nSPS) is 11.1. The Morgan fingerprint density at radius 3 is 1.77 bits per heavy atom. The molecule has 1 heterocycles. The molecule has 1 nitrogen and oxygen atoms in total. The molecule has 1 aromatic rings. The van der Waals surface area contributed by atoms with Gasteiger partial charge in [0, 0.05) is 0 Å². The average molecular weight is 172 g/mol. The Balaban J connectivity index is 2.74. The van der Waals surface area contributed by atoms with Gasteiger partial charge in [-0.3, -0.25) is 0 Å². The zero-order chi connectivity index (χ0) is 9.52. The van der Waals surface area contributed by atoms with Crippen molar-refractivity contribution in [3.63, 3.8) is 0 Å². The average Bonchev–Trinajstić information content (AvgIpc) is 2.59. The summed E-state index contributed by atoms with van der Waals surface area (Å²) < 4.78 is 5.42. The fourth-order valence-corrected chi connectivity index (χ4v) is 0.873. The third-order valence-corrected chi connectivity index (χ3v) is 1.44. The molecule has 0 aliphatic heterocycles. The van der Waals surface area contributed by atoms with Gasteiger partial charge < -0.3 is 4.42 Å². The smallest absolute Gasteiger partial charge is 0.127 e. The van der Waals surface area contributed by atoms with Crippen molar-refractivity contribution in [1.82, 2.24) is 0 Å². The summed E-state index contributed by atoms with van der Waals surface area (Å²) in [4.78, 5) is 0. The molecule has 1 heteroatoms. The molecule has 13 heavy (non-hydrogen) atoms. The van der Waals surface area contributed by atoms with Gasteiger partial charge in [0.25, 0.3) is 0 Å². The third kappa shape index (κ3) is 2.99. The Hall–Kier alpha value is -1.76. The second kappa shape index (κ2) is 4.99. The van der Waals surface area contributed by atoms with E-state index >= 15 is 0 Å². The predicted molar refractivity (Wildman–Crippen MR) is 57.2 cm³/mol. The van der Waals surface area contributed by atoms with Crippen LogP contribution >= 0.6 is 0 Å². The predicted octanol–water partition coefficient (Wildman–Crippen LogP) is 3.68. The lowest BCUT2D eigenvalue weighted by molar-refractivity contribution is 0.547. The van der Waals surface area contributed by atoms with Crippen LogP contribution in [-0.4, -0.2) is 0 Å². The summed E-state index contributed by atoms with van der Waals surface area (Å²) in [5.74, 6) is 1.65. The van der Waals surface area contributed by atoms with Crippen LogP contribution in [0, 0.1) is 0 Å². The molecular weight excluding hydrogens is 160 g/mol. The van der Waals surface area contributed by atoms with Crippen LogP contribution in [0.5, 0.6) is 0 Å². The van der Waals surface area contributed by atoms with Crippen molar-refractivity contribution in [3.8, 4) is 0 Å². The second-order valence-corrected chi connectivity index (χ2v) is 2.43. The lowest BCUT2D eigenvalue weighted by Crippen LogP contribution is -1.60. The van der Waals surface area contributed by atoms with Crippen LogP contribution < -0.4 is 0 Å². The van der Waals surface area contributed by atoms with Crippen molar-refractivity contribution in [2.24, 2.45) is 0 Å². The van der Waals surface area contributed by atoms with E-state index in [4.69, 9.17) is 4.42 Å². The minimum absolute atomic E-state index is 0.823. The summed E-state index contributed by atoms with van der Waals surface area (Å²) in [7, 11) is 0. The topological polar surface area (TPSA) is 13.1 Å². The Morgan fingerprint density at radius 2 is 1.38 bits per heavy atom. The molecule has 66 valence electrons. The van der Waals surface area contributed by atoms with Crippen LogP contribution in [-0.2, 0) is 0 Å². The molecule has 1 aromatic heterocycles. The van der Waals surface area contributed by atoms with E-state index in [-0.39, 0.29) is 0 Å². The van der Waals surface area contributed by atoms with Gasteiger partial charge in [-0.2, -0.15) is 0 Å². The third-order valence-electron chi connectivity index (χ3n) is 1.44. The highest BCUT2D eigenvalue weighted by Crippen LogP contribution is 2.10. The molecule has 0 saturated heterocycles. The van der Waals surface area contributed by atoms with Crippen LogP contribution in [0.4, 0.5) is 0 Å². The summed E-state index contributed by atoms with van der Waals surface area (Å²) >= 11 is 0. The Morgan fingerprint density at radius 1 is 0.923 bits per heavy atom. The van der Waals surface area contributed by atoms with Crippen molar-refractivity contribution >= 4 is 12.2 Å². The molecule has 0 aromatic carbocycles. The van der Waals surface area contributed by atoms with Crippen molar-refractivity contribution in [3.05, 3.63) is 61.1 Å². The van der Waals surface area contributed by atoms with Crippen LogP contribution in [0.2, 0.25) is 0 Å². The SMILES string of the molecule is C=CC=Cc1ccc(C=CC=C)o1. The molecule has 0 unspecified atom stereocenters. The molecule has 0 N–H and O–H groups in total. The first-order valence-corrected chi connectivity index (χ1v) is 4.05. The number of hydrogen-bond acceptors (Lipinski definition) is 1. The van der Waals surface area contributed by atoms with Crippen LogP contribution in [0.3, 0.4) is 0 Å². The maximum atomic E-state index is 5.42. The van der Waals surface area contributed by atoms with E-state index in [1.165, 1.54) is 0 Å². The minimum atomic E-state index is 0.823. The first kappa shape index (κ1) is 9.33. The highest BCUT2D eigenvalue weighted by atomic mass is 16.3. The van der Waals surface area contributed by atoms with Crippen LogP contribution in [0.15, 0.2) is 54.0 Å². The second-order valence-electron chi connectivity index (χ2n) is 2.43. The highest BCUT2D eigenvalue weighted by molar-refractivity contribution is 5.51. The minimum Gasteiger partial charge on any atom is -0.457 e. The first-order chi connectivity index (χ1) is 6.36. The molecule has 0 fully saturated rings. The maximum absolute atomic E-state index is 5.42. The van der Waals surface area contributed by atoms with Crippen molar-refractivity contribution in [1.29, 1.82) is 0 Å². The van der Waals surface area contributed by atoms with Gasteiger partial charge in [-0.25, -0.2) is 0 Å². The van der Waals surface area contributed by atoms with Crippen LogP contribution in [0.1, 0.15) is 11.5 Å². The van der Waals surface area contributed by atoms with E-state index in [1.54, 1.807) is 12.2 Å². The summed E-state index contributed by atoms with van der Waals surface area (Å²) in [6.07, 6.45) is 10.8. The summed E-state index contributed by atoms with van der Waals surface area (Å²) in [5.41, 5.74) is 0. The van der Waals surface area contributed by atoms with Gasteiger partial charge in [-0.15, -0.1) is 0 Å². The van der Waals surface area contributed by atoms with E-state index in [2.05, 4.69) is 13.2 Å². The first-order valence-electron chi connectivity index (χ1n) is 4.05. The van der Waals surface area contributed by atoms with Crippen LogP contribution in [0.25, 0.3) is 12.2 Å². The van der Waals surface area contributed by atoms with Crippen molar-refractivity contribution < 1.29 is 4.42 Å². The molecule has 0 aliphatic rings. The standard InChI is InChI=1S/C12H12O/c1-3-5-7-11-9-10-12(13-11)8-6-4-2/h3-10H,1-2H2. The Bertz CT molecular complexity index is 307. The van der Waals surface area contributed by atoms with Gasteiger partial charge >= 0.3 is 0 Å². The molecule has 0 saturated carbocycles. The molecule has 0 radical (unpaired) electrons. The fraction of sp³-hybridized carbons (Fsp3) is 0. The van der Waals surface area contributed by atoms with Gasteiger partial charge in [-0.1, -0.05) is 37.5 Å². The molecule has 0 bridgehead atoms. The van der Waals surface area contributed by atoms with Gasteiger partial charge in [0.05, 0.1) is 0 Å².